The van der Waals surface area contributed by atoms with E-state index < -0.39 is 6.29 Å². The molecule has 2 aromatic heterocycles. The summed E-state index contributed by atoms with van der Waals surface area (Å²) in [7, 11) is 0. The molecule has 48 heavy (non-hydrogen) atoms. The molecule has 1 aliphatic rings. The van der Waals surface area contributed by atoms with Gasteiger partial charge in [-0.2, -0.15) is 0 Å². The third kappa shape index (κ3) is 7.46. The molecule has 1 fully saturated rings. The molecule has 0 spiro atoms. The van der Waals surface area contributed by atoms with Gasteiger partial charge in [-0.25, -0.2) is 4.98 Å². The number of nitrogens with one attached hydrogen (secondary N) is 1. The number of hydrogen-bond acceptors (Lipinski definition) is 10. The van der Waals surface area contributed by atoms with E-state index in [1.807, 2.05) is 85.8 Å². The molecule has 11 heteroatoms. The van der Waals surface area contributed by atoms with Gasteiger partial charge in [-0.05, 0) is 46.9 Å². The number of hydrogen-bond donors (Lipinski definition) is 2. The quantitative estimate of drug-likeness (QED) is 0.145. The van der Waals surface area contributed by atoms with Crippen molar-refractivity contribution in [3.8, 4) is 11.1 Å². The second-order valence-corrected chi connectivity index (χ2v) is 13.9. The zero-order valence-corrected chi connectivity index (χ0v) is 27.8. The van der Waals surface area contributed by atoms with Gasteiger partial charge in [0.25, 0.3) is 5.91 Å². The summed E-state index contributed by atoms with van der Waals surface area (Å²) in [5, 5.41) is 21.9. The lowest BCUT2D eigenvalue weighted by atomic mass is 9.97. The van der Waals surface area contributed by atoms with Crippen LogP contribution in [0.15, 0.2) is 108 Å². The maximum atomic E-state index is 13.0. The van der Waals surface area contributed by atoms with Gasteiger partial charge in [-0.1, -0.05) is 108 Å². The molecule has 1 amide bonds. The third-order valence-electron chi connectivity index (χ3n) is 8.15. The smallest absolute Gasteiger partial charge is 0.271 e. The zero-order chi connectivity index (χ0) is 32.9. The lowest BCUT2D eigenvalue weighted by Gasteiger charge is -2.36. The molecular weight excluding hydrogens is 643 g/mol. The van der Waals surface area contributed by atoms with Crippen LogP contribution in [0.4, 0.5) is 0 Å². The maximum Gasteiger partial charge on any atom is 0.271 e. The number of amides is 1. The van der Waals surface area contributed by atoms with E-state index in [-0.39, 0.29) is 30.4 Å². The van der Waals surface area contributed by atoms with Crippen molar-refractivity contribution in [3.63, 3.8) is 0 Å². The SMILES string of the molecule is Cc1nnc(SCC2CC(c3ccc(CO)cc3)OC(c3ccc(-c4ccccc4CNC(=O)c4cnc5ccccc5n4)cc3)O2)s1. The molecule has 0 saturated carbocycles. The number of fused-ring (bicyclic) bond motifs is 1. The molecule has 3 unspecified atom stereocenters. The Balaban J connectivity index is 1.07. The number of benzene rings is 4. The minimum Gasteiger partial charge on any atom is -0.392 e. The second kappa shape index (κ2) is 14.7. The highest BCUT2D eigenvalue weighted by Gasteiger charge is 2.32. The van der Waals surface area contributed by atoms with Crippen LogP contribution in [-0.2, 0) is 22.6 Å². The third-order valence-corrected chi connectivity index (χ3v) is 10.3. The second-order valence-electron chi connectivity index (χ2n) is 11.5. The standard InChI is InChI=1S/C37H33N5O4S2/c1-23-41-42-37(48-23)47-22-29-18-34(26-12-10-24(21-43)11-13-26)46-36(45-29)27-16-14-25(15-17-27)30-7-3-2-6-28(30)19-39-35(44)33-20-38-31-8-4-5-9-32(31)40-33/h2-17,20,29,34,36,43H,18-19,21-22H2,1H3,(H,39,44). The highest BCUT2D eigenvalue weighted by molar-refractivity contribution is 8.01. The van der Waals surface area contributed by atoms with E-state index in [1.54, 1.807) is 23.1 Å². The topological polar surface area (TPSA) is 119 Å². The number of thioether (sulfide) groups is 1. The molecular formula is C37H33N5O4S2. The van der Waals surface area contributed by atoms with E-state index in [2.05, 4.69) is 43.7 Å². The van der Waals surface area contributed by atoms with Crippen LogP contribution in [0.5, 0.6) is 0 Å². The van der Waals surface area contributed by atoms with E-state index in [0.29, 0.717) is 18.5 Å². The predicted molar refractivity (Wildman–Crippen MR) is 186 cm³/mol. The number of ether oxygens (including phenoxy) is 2. The van der Waals surface area contributed by atoms with Crippen LogP contribution in [0.3, 0.4) is 0 Å². The summed E-state index contributed by atoms with van der Waals surface area (Å²) >= 11 is 3.23. The molecule has 0 aliphatic carbocycles. The van der Waals surface area contributed by atoms with Crippen molar-refractivity contribution in [1.29, 1.82) is 0 Å². The number of carbonyl (C=O) groups excluding carboxylic acids is 1. The summed E-state index contributed by atoms with van der Waals surface area (Å²) in [5.74, 6) is 0.446. The Morgan fingerprint density at radius 2 is 1.67 bits per heavy atom. The first-order valence-corrected chi connectivity index (χ1v) is 17.4. The lowest BCUT2D eigenvalue weighted by Crippen LogP contribution is -2.31. The molecule has 3 atom stereocenters. The Bertz CT molecular complexity index is 2020. The van der Waals surface area contributed by atoms with Crippen LogP contribution in [0.25, 0.3) is 22.2 Å². The van der Waals surface area contributed by atoms with E-state index in [1.165, 1.54) is 6.20 Å². The van der Waals surface area contributed by atoms with Gasteiger partial charge in [-0.15, -0.1) is 10.2 Å². The molecule has 4 aromatic carbocycles. The molecule has 1 saturated heterocycles. The van der Waals surface area contributed by atoms with Crippen molar-refractivity contribution < 1.29 is 19.4 Å². The van der Waals surface area contributed by atoms with E-state index in [9.17, 15) is 9.90 Å². The summed E-state index contributed by atoms with van der Waals surface area (Å²) < 4.78 is 14.0. The predicted octanol–water partition coefficient (Wildman–Crippen LogP) is 7.22. The number of para-hydroxylation sites is 2. The molecule has 7 rings (SSSR count). The van der Waals surface area contributed by atoms with Crippen molar-refractivity contribution in [2.45, 2.75) is 49.3 Å². The van der Waals surface area contributed by atoms with Crippen molar-refractivity contribution in [2.75, 3.05) is 5.75 Å². The number of aliphatic hydroxyl groups excluding tert-OH is 1. The van der Waals surface area contributed by atoms with Crippen molar-refractivity contribution in [1.82, 2.24) is 25.5 Å². The highest BCUT2D eigenvalue weighted by atomic mass is 32.2. The van der Waals surface area contributed by atoms with Gasteiger partial charge in [0, 0.05) is 24.3 Å². The molecule has 0 radical (unpaired) electrons. The van der Waals surface area contributed by atoms with E-state index in [4.69, 9.17) is 9.47 Å². The van der Waals surface area contributed by atoms with Gasteiger partial charge in [0.15, 0.2) is 10.6 Å². The summed E-state index contributed by atoms with van der Waals surface area (Å²) in [5.41, 5.74) is 7.54. The molecule has 9 nitrogen and oxygen atoms in total. The average Bonchev–Trinajstić information content (AvgIpc) is 3.57. The number of carbonyl (C=O) groups is 1. The maximum absolute atomic E-state index is 13.0. The van der Waals surface area contributed by atoms with Crippen LogP contribution in [0.1, 0.15) is 56.6 Å². The number of nitrogens with zero attached hydrogens (tertiary/aromatic N) is 4. The Kier molecular flexibility index (Phi) is 9.82. The van der Waals surface area contributed by atoms with Gasteiger partial charge < -0.3 is 19.9 Å². The first kappa shape index (κ1) is 32.0. The van der Waals surface area contributed by atoms with E-state index >= 15 is 0 Å². The normalized spacial score (nSPS) is 17.8. The Morgan fingerprint density at radius 1 is 0.917 bits per heavy atom. The number of rotatable bonds is 10. The van der Waals surface area contributed by atoms with Gasteiger partial charge >= 0.3 is 0 Å². The van der Waals surface area contributed by atoms with Gasteiger partial charge in [-0.3, -0.25) is 9.78 Å². The van der Waals surface area contributed by atoms with Gasteiger partial charge in [0.05, 0.1) is 36.0 Å². The summed E-state index contributed by atoms with van der Waals surface area (Å²) in [6, 6.07) is 31.6. The van der Waals surface area contributed by atoms with E-state index in [0.717, 1.165) is 54.0 Å². The first-order valence-electron chi connectivity index (χ1n) is 15.6. The largest absolute Gasteiger partial charge is 0.392 e. The Labute approximate surface area is 286 Å². The van der Waals surface area contributed by atoms with Crippen molar-refractivity contribution in [2.24, 2.45) is 0 Å². The summed E-state index contributed by atoms with van der Waals surface area (Å²) in [6.45, 7) is 2.29. The monoisotopic (exact) mass is 675 g/mol. The fourth-order valence-electron chi connectivity index (χ4n) is 5.63. The minimum absolute atomic E-state index is 0.000936. The van der Waals surface area contributed by atoms with Crippen LogP contribution >= 0.6 is 23.1 Å². The molecule has 242 valence electrons. The molecule has 6 aromatic rings. The fourth-order valence-corrected chi connectivity index (χ4v) is 7.49. The van der Waals surface area contributed by atoms with Crippen molar-refractivity contribution in [3.05, 3.63) is 136 Å². The minimum atomic E-state index is -0.560. The highest BCUT2D eigenvalue weighted by Crippen LogP contribution is 2.40. The summed E-state index contributed by atoms with van der Waals surface area (Å²) in [6.07, 6.45) is 1.40. The lowest BCUT2D eigenvalue weighted by molar-refractivity contribution is -0.245. The number of aryl methyl sites for hydroxylation is 1. The zero-order valence-electron chi connectivity index (χ0n) is 26.2. The molecule has 2 N–H and O–H groups in total. The summed E-state index contributed by atoms with van der Waals surface area (Å²) in [4.78, 5) is 21.8. The average molecular weight is 676 g/mol. The van der Waals surface area contributed by atoms with Crippen LogP contribution < -0.4 is 5.32 Å². The Hall–Kier alpha value is -4.52. The van der Waals surface area contributed by atoms with Crippen LogP contribution in [0, 0.1) is 6.92 Å². The van der Waals surface area contributed by atoms with Gasteiger partial charge in [0.2, 0.25) is 0 Å². The fraction of sp³-hybridized carbons (Fsp3) is 0.216. The van der Waals surface area contributed by atoms with Crippen LogP contribution in [0.2, 0.25) is 0 Å². The number of aromatic nitrogens is 4. The van der Waals surface area contributed by atoms with Crippen molar-refractivity contribution >= 4 is 40.0 Å². The van der Waals surface area contributed by atoms with Gasteiger partial charge in [0.1, 0.15) is 10.7 Å². The Morgan fingerprint density at radius 3 is 2.44 bits per heavy atom. The molecule has 1 aliphatic heterocycles. The number of aliphatic hydroxyl groups is 1. The molecule has 0 bridgehead atoms. The first-order chi connectivity index (χ1) is 23.5. The van der Waals surface area contributed by atoms with Crippen LogP contribution in [-0.4, -0.2) is 43.0 Å². The molecule has 3 heterocycles.